The largest absolute Gasteiger partial charge is 0.504 e. The number of benzene rings is 2. The van der Waals surface area contributed by atoms with Crippen LogP contribution in [-0.2, 0) is 4.74 Å². The summed E-state index contributed by atoms with van der Waals surface area (Å²) in [5.74, 6) is 5.17. The SMILES string of the molecule is C#CCOCC/C=C\SC/C=C1\Oc2ccc(O)c(OC)c2-c2ccc3c(c21)C(C)=CC(C)(C)N3. The number of allylic oxidation sites excluding steroid dienone is 1. The van der Waals surface area contributed by atoms with Crippen molar-refractivity contribution in [1.29, 1.82) is 0 Å². The van der Waals surface area contributed by atoms with E-state index in [0.29, 0.717) is 24.7 Å². The van der Waals surface area contributed by atoms with Gasteiger partial charge in [0.15, 0.2) is 11.5 Å². The molecule has 6 heteroatoms. The van der Waals surface area contributed by atoms with Crippen LogP contribution in [0, 0.1) is 12.3 Å². The fraction of sp³-hybridized carbons (Fsp3) is 0.310. The second kappa shape index (κ2) is 10.6. The highest BCUT2D eigenvalue weighted by molar-refractivity contribution is 8.02. The van der Waals surface area contributed by atoms with Crippen LogP contribution in [0.4, 0.5) is 5.69 Å². The smallest absolute Gasteiger partial charge is 0.172 e. The maximum atomic E-state index is 10.5. The molecule has 0 fully saturated rings. The van der Waals surface area contributed by atoms with Gasteiger partial charge in [0, 0.05) is 28.1 Å². The molecule has 2 N–H and O–H groups in total. The molecule has 2 heterocycles. The Balaban J connectivity index is 1.70. The van der Waals surface area contributed by atoms with Crippen LogP contribution in [-0.4, -0.2) is 36.7 Å². The lowest BCUT2D eigenvalue weighted by atomic mass is 9.83. The number of methoxy groups -OCH3 is 1. The molecule has 0 aromatic heterocycles. The summed E-state index contributed by atoms with van der Waals surface area (Å²) in [6, 6.07) is 7.57. The van der Waals surface area contributed by atoms with E-state index in [1.54, 1.807) is 31.0 Å². The van der Waals surface area contributed by atoms with E-state index in [0.717, 1.165) is 45.9 Å². The third-order valence-electron chi connectivity index (χ3n) is 5.84. The normalized spacial score (nSPS) is 16.4. The molecule has 0 aliphatic carbocycles. The predicted molar refractivity (Wildman–Crippen MR) is 146 cm³/mol. The number of nitrogens with one attached hydrogen (secondary N) is 1. The Morgan fingerprint density at radius 1 is 1.20 bits per heavy atom. The first-order valence-electron chi connectivity index (χ1n) is 11.6. The number of rotatable bonds is 8. The third-order valence-corrected chi connectivity index (χ3v) is 6.59. The minimum absolute atomic E-state index is 0.0874. The fourth-order valence-corrected chi connectivity index (χ4v) is 5.22. The van der Waals surface area contributed by atoms with E-state index < -0.39 is 0 Å². The van der Waals surface area contributed by atoms with Crippen LogP contribution in [0.1, 0.15) is 38.3 Å². The van der Waals surface area contributed by atoms with Crippen molar-refractivity contribution in [1.82, 2.24) is 0 Å². The highest BCUT2D eigenvalue weighted by Gasteiger charge is 2.33. The molecule has 0 unspecified atom stereocenters. The van der Waals surface area contributed by atoms with Crippen LogP contribution < -0.4 is 14.8 Å². The first-order chi connectivity index (χ1) is 16.9. The Morgan fingerprint density at radius 3 is 2.80 bits per heavy atom. The van der Waals surface area contributed by atoms with Gasteiger partial charge in [0.1, 0.15) is 18.1 Å². The molecule has 2 aromatic rings. The van der Waals surface area contributed by atoms with Gasteiger partial charge in [-0.15, -0.1) is 18.2 Å². The number of phenols is 1. The van der Waals surface area contributed by atoms with Gasteiger partial charge < -0.3 is 24.6 Å². The molecule has 0 bridgehead atoms. The van der Waals surface area contributed by atoms with Crippen molar-refractivity contribution in [2.75, 3.05) is 31.4 Å². The van der Waals surface area contributed by atoms with Crippen molar-refractivity contribution in [2.24, 2.45) is 0 Å². The Kier molecular flexibility index (Phi) is 7.49. The van der Waals surface area contributed by atoms with Crippen molar-refractivity contribution in [3.05, 3.63) is 59.0 Å². The molecular weight excluding hydrogens is 458 g/mol. The summed E-state index contributed by atoms with van der Waals surface area (Å²) in [6.07, 6.45) is 12.4. The second-order valence-electron chi connectivity index (χ2n) is 9.00. The van der Waals surface area contributed by atoms with E-state index in [1.807, 2.05) is 0 Å². The van der Waals surface area contributed by atoms with Gasteiger partial charge in [0.25, 0.3) is 0 Å². The van der Waals surface area contributed by atoms with E-state index in [1.165, 1.54) is 5.57 Å². The van der Waals surface area contributed by atoms with E-state index in [9.17, 15) is 5.11 Å². The predicted octanol–water partition coefficient (Wildman–Crippen LogP) is 6.70. The van der Waals surface area contributed by atoms with Crippen molar-refractivity contribution < 1.29 is 19.3 Å². The fourth-order valence-electron chi connectivity index (χ4n) is 4.59. The van der Waals surface area contributed by atoms with E-state index >= 15 is 0 Å². The van der Waals surface area contributed by atoms with E-state index in [2.05, 4.69) is 67.8 Å². The average Bonchev–Trinajstić information content (AvgIpc) is 2.81. The van der Waals surface area contributed by atoms with Crippen molar-refractivity contribution in [3.8, 4) is 40.7 Å². The highest BCUT2D eigenvalue weighted by atomic mass is 32.2. The monoisotopic (exact) mass is 489 g/mol. The van der Waals surface area contributed by atoms with Gasteiger partial charge in [0.2, 0.25) is 0 Å². The molecule has 35 heavy (non-hydrogen) atoms. The number of hydrogen-bond acceptors (Lipinski definition) is 6. The van der Waals surface area contributed by atoms with Crippen molar-refractivity contribution >= 4 is 28.8 Å². The van der Waals surface area contributed by atoms with E-state index in [-0.39, 0.29) is 11.3 Å². The first kappa shape index (κ1) is 24.8. The van der Waals surface area contributed by atoms with Gasteiger partial charge >= 0.3 is 0 Å². The van der Waals surface area contributed by atoms with Crippen molar-refractivity contribution in [2.45, 2.75) is 32.7 Å². The Morgan fingerprint density at radius 2 is 2.03 bits per heavy atom. The minimum Gasteiger partial charge on any atom is -0.504 e. The Bertz CT molecular complexity index is 1250. The molecule has 0 saturated heterocycles. The average molecular weight is 490 g/mol. The summed E-state index contributed by atoms with van der Waals surface area (Å²) in [5.41, 5.74) is 5.94. The Labute approximate surface area is 211 Å². The van der Waals surface area contributed by atoms with Crippen LogP contribution in [0.25, 0.3) is 22.5 Å². The maximum absolute atomic E-state index is 10.5. The van der Waals surface area contributed by atoms with Gasteiger partial charge in [0.05, 0.1) is 24.8 Å². The molecule has 0 amide bonds. The summed E-state index contributed by atoms with van der Waals surface area (Å²) in [4.78, 5) is 0. The lowest BCUT2D eigenvalue weighted by Crippen LogP contribution is -2.32. The summed E-state index contributed by atoms with van der Waals surface area (Å²) >= 11 is 1.69. The standard InChI is InChI=1S/C29H31NO4S/c1-6-14-33-15-7-8-16-35-17-13-24-26-20(27-23(34-24)12-11-22(31)28(27)32-5)9-10-21-25(26)19(2)18-29(3,4)30-21/h1,8-13,16,18,30-31H,7,14-15,17H2,2-5H3/b16-8-,24-13-. The number of fused-ring (bicyclic) bond motifs is 5. The van der Waals surface area contributed by atoms with Gasteiger partial charge in [-0.05, 0) is 62.4 Å². The van der Waals surface area contributed by atoms with Crippen molar-refractivity contribution in [3.63, 3.8) is 0 Å². The van der Waals surface area contributed by atoms with Gasteiger partial charge in [-0.3, -0.25) is 0 Å². The minimum atomic E-state index is -0.150. The lowest BCUT2D eigenvalue weighted by Gasteiger charge is -2.35. The van der Waals surface area contributed by atoms with Gasteiger partial charge in [-0.2, -0.15) is 0 Å². The molecule has 0 atom stereocenters. The molecule has 0 saturated carbocycles. The molecule has 182 valence electrons. The number of anilines is 1. The zero-order valence-corrected chi connectivity index (χ0v) is 21.4. The highest BCUT2D eigenvalue weighted by Crippen LogP contribution is 2.53. The van der Waals surface area contributed by atoms with Gasteiger partial charge in [-0.25, -0.2) is 0 Å². The topological polar surface area (TPSA) is 60.0 Å². The zero-order chi connectivity index (χ0) is 25.0. The molecular formula is C29H31NO4S. The number of ether oxygens (including phenoxy) is 3. The molecule has 0 spiro atoms. The van der Waals surface area contributed by atoms with Crippen LogP contribution in [0.5, 0.6) is 17.2 Å². The van der Waals surface area contributed by atoms with E-state index in [4.69, 9.17) is 20.6 Å². The van der Waals surface area contributed by atoms with Crippen LogP contribution in [0.2, 0.25) is 0 Å². The summed E-state index contributed by atoms with van der Waals surface area (Å²) in [5, 5.41) is 16.2. The molecule has 2 aliphatic heterocycles. The summed E-state index contributed by atoms with van der Waals surface area (Å²) in [6.45, 7) is 7.41. The number of terminal acetylenes is 1. The second-order valence-corrected chi connectivity index (χ2v) is 9.94. The molecule has 2 aromatic carbocycles. The lowest BCUT2D eigenvalue weighted by molar-refractivity contribution is 0.172. The number of thioether (sulfide) groups is 1. The Hall–Kier alpha value is -3.27. The number of aromatic hydroxyl groups is 1. The summed E-state index contributed by atoms with van der Waals surface area (Å²) in [7, 11) is 1.56. The quantitative estimate of drug-likeness (QED) is 0.318. The van der Waals surface area contributed by atoms with Gasteiger partial charge in [-0.1, -0.05) is 24.1 Å². The maximum Gasteiger partial charge on any atom is 0.172 e. The number of hydrogen-bond donors (Lipinski definition) is 2. The molecule has 0 radical (unpaired) electrons. The molecule has 4 rings (SSSR count). The van der Waals surface area contributed by atoms with Crippen LogP contribution >= 0.6 is 11.8 Å². The number of phenolic OH excluding ortho intramolecular Hbond substituents is 1. The summed E-state index contributed by atoms with van der Waals surface area (Å²) < 4.78 is 17.3. The zero-order valence-electron chi connectivity index (χ0n) is 20.6. The molecule has 2 aliphatic rings. The third kappa shape index (κ3) is 5.22. The molecule has 5 nitrogen and oxygen atoms in total. The first-order valence-corrected chi connectivity index (χ1v) is 12.6. The van der Waals surface area contributed by atoms with Crippen LogP contribution in [0.15, 0.2) is 47.9 Å². The van der Waals surface area contributed by atoms with Crippen LogP contribution in [0.3, 0.4) is 0 Å².